The molecule has 0 bridgehead atoms. The van der Waals surface area contributed by atoms with Gasteiger partial charge >= 0.3 is 0 Å². The van der Waals surface area contributed by atoms with Crippen molar-refractivity contribution in [3.8, 4) is 5.75 Å². The quantitative estimate of drug-likeness (QED) is 0.609. The van der Waals surface area contributed by atoms with Gasteiger partial charge in [-0.2, -0.15) is 4.31 Å². The Bertz CT molecular complexity index is 1110. The van der Waals surface area contributed by atoms with Crippen LogP contribution in [0.25, 0.3) is 0 Å². The highest BCUT2D eigenvalue weighted by atomic mass is 32.2. The first-order chi connectivity index (χ1) is 14.7. The number of ether oxygens (including phenoxy) is 2. The predicted octanol–water partition coefficient (Wildman–Crippen LogP) is 0.806. The van der Waals surface area contributed by atoms with E-state index in [4.69, 9.17) is 9.47 Å². The molecular weight excluding hydrogens is 444 g/mol. The molecule has 0 radical (unpaired) electrons. The average Bonchev–Trinajstić information content (AvgIpc) is 2.77. The van der Waals surface area contributed by atoms with E-state index in [0.29, 0.717) is 32.1 Å². The number of sulfone groups is 1. The summed E-state index contributed by atoms with van der Waals surface area (Å²) in [5, 5.41) is 2.69. The first kappa shape index (κ1) is 23.2. The van der Waals surface area contributed by atoms with Gasteiger partial charge in [-0.1, -0.05) is 12.1 Å². The van der Waals surface area contributed by atoms with E-state index in [0.717, 1.165) is 11.8 Å². The van der Waals surface area contributed by atoms with E-state index in [2.05, 4.69) is 5.32 Å². The fourth-order valence-electron chi connectivity index (χ4n) is 2.90. The standard InChI is InChI=1S/C20H24N2O7S2/c1-30(24,25)18-8-4-17(5-9-18)29-15-20(23)21-14-16-2-6-19(7-3-16)31(26,27)22-10-12-28-13-11-22/h2-9H,10-15H2,1H3,(H,21,23). The summed E-state index contributed by atoms with van der Waals surface area (Å²) in [7, 11) is -6.84. The molecule has 3 rings (SSSR count). The molecule has 1 heterocycles. The molecule has 0 spiro atoms. The van der Waals surface area contributed by atoms with Crippen LogP contribution in [0.4, 0.5) is 0 Å². The molecule has 1 aliphatic heterocycles. The third-order valence-corrected chi connectivity index (χ3v) is 7.68. The van der Waals surface area contributed by atoms with Crippen LogP contribution in [0, 0.1) is 0 Å². The lowest BCUT2D eigenvalue weighted by molar-refractivity contribution is -0.123. The van der Waals surface area contributed by atoms with Crippen molar-refractivity contribution in [3.05, 3.63) is 54.1 Å². The van der Waals surface area contributed by atoms with Crippen LogP contribution in [0.3, 0.4) is 0 Å². The highest BCUT2D eigenvalue weighted by molar-refractivity contribution is 7.90. The van der Waals surface area contributed by atoms with Crippen molar-refractivity contribution in [3.63, 3.8) is 0 Å². The highest BCUT2D eigenvalue weighted by Crippen LogP contribution is 2.18. The SMILES string of the molecule is CS(=O)(=O)c1ccc(OCC(=O)NCc2ccc(S(=O)(=O)N3CCOCC3)cc2)cc1. The number of nitrogens with zero attached hydrogens (tertiary/aromatic N) is 1. The first-order valence-electron chi connectivity index (χ1n) is 9.53. The number of amides is 1. The topological polar surface area (TPSA) is 119 Å². The van der Waals surface area contributed by atoms with Crippen LogP contribution in [-0.2, 0) is 35.9 Å². The minimum atomic E-state index is -3.55. The minimum Gasteiger partial charge on any atom is -0.484 e. The van der Waals surface area contributed by atoms with E-state index in [1.807, 2.05) is 0 Å². The molecule has 0 saturated carbocycles. The lowest BCUT2D eigenvalue weighted by atomic mass is 10.2. The van der Waals surface area contributed by atoms with Gasteiger partial charge in [-0.05, 0) is 42.0 Å². The van der Waals surface area contributed by atoms with Crippen molar-refractivity contribution in [1.29, 1.82) is 0 Å². The van der Waals surface area contributed by atoms with Crippen molar-refractivity contribution in [2.24, 2.45) is 0 Å². The van der Waals surface area contributed by atoms with Gasteiger partial charge < -0.3 is 14.8 Å². The second-order valence-corrected chi connectivity index (χ2v) is 10.9. The lowest BCUT2D eigenvalue weighted by Crippen LogP contribution is -2.40. The van der Waals surface area contributed by atoms with Gasteiger partial charge in [0.1, 0.15) is 5.75 Å². The molecular formula is C20H24N2O7S2. The van der Waals surface area contributed by atoms with Gasteiger partial charge in [-0.25, -0.2) is 16.8 Å². The van der Waals surface area contributed by atoms with Gasteiger partial charge in [0, 0.05) is 25.9 Å². The molecule has 0 atom stereocenters. The molecule has 0 unspecified atom stereocenters. The molecule has 31 heavy (non-hydrogen) atoms. The van der Waals surface area contributed by atoms with E-state index < -0.39 is 19.9 Å². The van der Waals surface area contributed by atoms with Gasteiger partial charge in [0.25, 0.3) is 5.91 Å². The first-order valence-corrected chi connectivity index (χ1v) is 12.9. The van der Waals surface area contributed by atoms with Gasteiger partial charge in [-0.3, -0.25) is 4.79 Å². The summed E-state index contributed by atoms with van der Waals surface area (Å²) in [6, 6.07) is 12.1. The zero-order chi connectivity index (χ0) is 22.5. The third-order valence-electron chi connectivity index (χ3n) is 4.64. The Balaban J connectivity index is 1.49. The van der Waals surface area contributed by atoms with Crippen molar-refractivity contribution >= 4 is 25.8 Å². The summed E-state index contributed by atoms with van der Waals surface area (Å²) >= 11 is 0. The molecule has 11 heteroatoms. The fraction of sp³-hybridized carbons (Fsp3) is 0.350. The Hall–Kier alpha value is -2.47. The zero-order valence-electron chi connectivity index (χ0n) is 17.0. The zero-order valence-corrected chi connectivity index (χ0v) is 18.6. The largest absolute Gasteiger partial charge is 0.484 e. The Kier molecular flexibility index (Phi) is 7.31. The Morgan fingerprint density at radius 1 is 0.968 bits per heavy atom. The number of rotatable bonds is 8. The average molecular weight is 469 g/mol. The second kappa shape index (κ2) is 9.77. The summed E-state index contributed by atoms with van der Waals surface area (Å²) in [5.74, 6) is 0.0115. The summed E-state index contributed by atoms with van der Waals surface area (Å²) in [6.07, 6.45) is 1.11. The van der Waals surface area contributed by atoms with Gasteiger partial charge in [0.15, 0.2) is 16.4 Å². The maximum absolute atomic E-state index is 12.6. The number of hydrogen-bond acceptors (Lipinski definition) is 7. The molecule has 1 fully saturated rings. The van der Waals surface area contributed by atoms with Crippen LogP contribution in [0.5, 0.6) is 5.75 Å². The molecule has 2 aromatic rings. The summed E-state index contributed by atoms with van der Waals surface area (Å²) in [4.78, 5) is 12.4. The number of carbonyl (C=O) groups excluding carboxylic acids is 1. The van der Waals surface area contributed by atoms with E-state index in [-0.39, 0.29) is 28.8 Å². The monoisotopic (exact) mass is 468 g/mol. The maximum atomic E-state index is 12.6. The number of benzene rings is 2. The van der Waals surface area contributed by atoms with Crippen LogP contribution in [-0.4, -0.2) is 66.2 Å². The molecule has 1 saturated heterocycles. The fourth-order valence-corrected chi connectivity index (χ4v) is 4.94. The van der Waals surface area contributed by atoms with Crippen molar-refractivity contribution in [2.45, 2.75) is 16.3 Å². The van der Waals surface area contributed by atoms with Crippen LogP contribution < -0.4 is 10.1 Å². The number of hydrogen-bond donors (Lipinski definition) is 1. The van der Waals surface area contributed by atoms with E-state index in [9.17, 15) is 21.6 Å². The lowest BCUT2D eigenvalue weighted by Gasteiger charge is -2.26. The van der Waals surface area contributed by atoms with Gasteiger partial charge in [0.2, 0.25) is 10.0 Å². The van der Waals surface area contributed by atoms with Crippen LogP contribution in [0.2, 0.25) is 0 Å². The third kappa shape index (κ3) is 6.26. The molecule has 1 N–H and O–H groups in total. The van der Waals surface area contributed by atoms with Gasteiger partial charge in [-0.15, -0.1) is 0 Å². The normalized spacial score (nSPS) is 15.4. The summed E-state index contributed by atoms with van der Waals surface area (Å²) in [6.45, 7) is 1.41. The summed E-state index contributed by atoms with van der Waals surface area (Å²) < 4.78 is 60.0. The maximum Gasteiger partial charge on any atom is 0.258 e. The Morgan fingerprint density at radius 2 is 1.55 bits per heavy atom. The number of nitrogens with one attached hydrogen (secondary N) is 1. The minimum absolute atomic E-state index is 0.170. The Morgan fingerprint density at radius 3 is 2.13 bits per heavy atom. The molecule has 1 aliphatic rings. The summed E-state index contributed by atoms with van der Waals surface area (Å²) in [5.41, 5.74) is 0.742. The van der Waals surface area contributed by atoms with E-state index in [1.54, 1.807) is 12.1 Å². The second-order valence-electron chi connectivity index (χ2n) is 6.97. The molecule has 2 aromatic carbocycles. The van der Waals surface area contributed by atoms with Crippen molar-refractivity contribution in [2.75, 3.05) is 39.2 Å². The van der Waals surface area contributed by atoms with E-state index in [1.165, 1.54) is 40.7 Å². The molecule has 1 amide bonds. The van der Waals surface area contributed by atoms with Crippen molar-refractivity contribution in [1.82, 2.24) is 9.62 Å². The van der Waals surface area contributed by atoms with E-state index >= 15 is 0 Å². The smallest absolute Gasteiger partial charge is 0.258 e. The Labute approximate surface area is 181 Å². The van der Waals surface area contributed by atoms with Gasteiger partial charge in [0.05, 0.1) is 23.0 Å². The molecule has 9 nitrogen and oxygen atoms in total. The molecule has 168 valence electrons. The van der Waals surface area contributed by atoms with Crippen LogP contribution in [0.1, 0.15) is 5.56 Å². The predicted molar refractivity (Wildman–Crippen MR) is 113 cm³/mol. The van der Waals surface area contributed by atoms with Crippen LogP contribution >= 0.6 is 0 Å². The molecule has 0 aliphatic carbocycles. The van der Waals surface area contributed by atoms with Crippen molar-refractivity contribution < 1.29 is 31.1 Å². The number of morpholine rings is 1. The number of sulfonamides is 1. The number of carbonyl (C=O) groups is 1. The highest BCUT2D eigenvalue weighted by Gasteiger charge is 2.26. The molecule has 0 aromatic heterocycles. The van der Waals surface area contributed by atoms with Crippen LogP contribution in [0.15, 0.2) is 58.3 Å².